The molecule has 0 fully saturated rings. The fraction of sp³-hybridized carbons (Fsp3) is 0.538. The topological polar surface area (TPSA) is 49.9 Å². The molecule has 0 unspecified atom stereocenters. The first-order valence-corrected chi connectivity index (χ1v) is 8.32. The molecule has 122 valence electrons. The molecule has 0 spiro atoms. The van der Waals surface area contributed by atoms with Crippen molar-refractivity contribution in [3.8, 4) is 5.75 Å². The first kappa shape index (κ1) is 15.3. The van der Waals surface area contributed by atoms with E-state index in [1.165, 1.54) is 6.07 Å². The van der Waals surface area contributed by atoms with Gasteiger partial charge in [0.1, 0.15) is 18.0 Å². The van der Waals surface area contributed by atoms with Crippen molar-refractivity contribution in [2.45, 2.75) is 18.3 Å². The summed E-state index contributed by atoms with van der Waals surface area (Å²) in [5, 5.41) is -2.45. The van der Waals surface area contributed by atoms with E-state index >= 15 is 0 Å². The standard InChI is InChI=1S/C13H15F3N2O3S/c1-9(13(14,15)16)22(19,20)18-6-5-17-7-8-21-11-4-2-3-10(18)12(11)17/h2-4,9H,5-8H2,1H3/t9-/m0/s1. The molecule has 22 heavy (non-hydrogen) atoms. The van der Waals surface area contributed by atoms with E-state index in [4.69, 9.17) is 4.74 Å². The summed E-state index contributed by atoms with van der Waals surface area (Å²) < 4.78 is 69.7. The summed E-state index contributed by atoms with van der Waals surface area (Å²) in [5.74, 6) is 0.503. The minimum Gasteiger partial charge on any atom is -0.489 e. The molecule has 2 aliphatic rings. The minimum atomic E-state index is -4.80. The summed E-state index contributed by atoms with van der Waals surface area (Å²) in [6.45, 7) is 2.08. The van der Waals surface area contributed by atoms with Crippen molar-refractivity contribution in [3.63, 3.8) is 0 Å². The lowest BCUT2D eigenvalue weighted by Gasteiger charge is -2.41. The molecule has 0 radical (unpaired) electrons. The highest BCUT2D eigenvalue weighted by Gasteiger charge is 2.49. The fourth-order valence-electron chi connectivity index (χ4n) is 2.70. The first-order valence-electron chi connectivity index (χ1n) is 6.82. The van der Waals surface area contributed by atoms with Crippen LogP contribution < -0.4 is 13.9 Å². The Morgan fingerprint density at radius 3 is 2.64 bits per heavy atom. The van der Waals surface area contributed by atoms with Crippen LogP contribution in [0.25, 0.3) is 0 Å². The van der Waals surface area contributed by atoms with Gasteiger partial charge < -0.3 is 9.64 Å². The summed E-state index contributed by atoms with van der Waals surface area (Å²) in [6, 6.07) is 4.79. The molecule has 9 heteroatoms. The van der Waals surface area contributed by atoms with Crippen LogP contribution in [-0.2, 0) is 10.0 Å². The summed E-state index contributed by atoms with van der Waals surface area (Å²) in [7, 11) is -4.53. The Kier molecular flexibility index (Phi) is 3.42. The van der Waals surface area contributed by atoms with Crippen molar-refractivity contribution in [2.75, 3.05) is 35.4 Å². The predicted octanol–water partition coefficient (Wildman–Crippen LogP) is 1.99. The SMILES string of the molecule is C[C@@H](C(F)(F)F)S(=O)(=O)N1CCN2CCOc3cccc1c32. The molecule has 1 atom stereocenters. The second-order valence-electron chi connectivity index (χ2n) is 5.26. The minimum absolute atomic E-state index is 0.000787. The number of rotatable bonds is 2. The van der Waals surface area contributed by atoms with E-state index in [9.17, 15) is 21.6 Å². The third-order valence-corrected chi connectivity index (χ3v) is 6.12. The molecule has 1 aromatic rings. The smallest absolute Gasteiger partial charge is 0.407 e. The fourth-order valence-corrected chi connectivity index (χ4v) is 4.18. The van der Waals surface area contributed by atoms with Crippen LogP contribution >= 0.6 is 0 Å². The average Bonchev–Trinajstić information content (AvgIpc) is 2.46. The normalized spacial score (nSPS) is 19.5. The van der Waals surface area contributed by atoms with Crippen LogP contribution in [-0.4, -0.2) is 46.1 Å². The molecular weight excluding hydrogens is 321 g/mol. The van der Waals surface area contributed by atoms with Gasteiger partial charge in [-0.15, -0.1) is 0 Å². The first-order chi connectivity index (χ1) is 10.2. The van der Waals surface area contributed by atoms with Crippen molar-refractivity contribution in [1.29, 1.82) is 0 Å². The zero-order valence-corrected chi connectivity index (χ0v) is 12.6. The molecule has 3 rings (SSSR count). The van der Waals surface area contributed by atoms with Crippen molar-refractivity contribution >= 4 is 21.4 Å². The van der Waals surface area contributed by atoms with Gasteiger partial charge in [0.15, 0.2) is 5.25 Å². The summed E-state index contributed by atoms with van der Waals surface area (Å²) >= 11 is 0. The van der Waals surface area contributed by atoms with Gasteiger partial charge in [-0.3, -0.25) is 4.31 Å². The van der Waals surface area contributed by atoms with Crippen molar-refractivity contribution in [3.05, 3.63) is 18.2 Å². The molecule has 1 aromatic carbocycles. The highest BCUT2D eigenvalue weighted by molar-refractivity contribution is 7.93. The lowest BCUT2D eigenvalue weighted by Crippen LogP contribution is -2.51. The number of alkyl halides is 3. The third-order valence-electron chi connectivity index (χ3n) is 3.97. The van der Waals surface area contributed by atoms with Gasteiger partial charge in [-0.25, -0.2) is 8.42 Å². The lowest BCUT2D eigenvalue weighted by atomic mass is 10.1. The van der Waals surface area contributed by atoms with Gasteiger partial charge in [0.05, 0.1) is 18.8 Å². The molecule has 5 nitrogen and oxygen atoms in total. The van der Waals surface area contributed by atoms with E-state index in [-0.39, 0.29) is 12.2 Å². The third kappa shape index (κ3) is 2.27. The maximum absolute atomic E-state index is 12.9. The van der Waals surface area contributed by atoms with Gasteiger partial charge in [0.25, 0.3) is 0 Å². The molecular formula is C13H15F3N2O3S. The van der Waals surface area contributed by atoms with Crippen LogP contribution in [0.1, 0.15) is 6.92 Å². The van der Waals surface area contributed by atoms with Crippen LogP contribution in [0, 0.1) is 0 Å². The van der Waals surface area contributed by atoms with E-state index in [1.807, 2.05) is 4.90 Å². The van der Waals surface area contributed by atoms with Crippen molar-refractivity contribution in [2.24, 2.45) is 0 Å². The van der Waals surface area contributed by atoms with Crippen LogP contribution in [0.3, 0.4) is 0 Å². The van der Waals surface area contributed by atoms with Crippen molar-refractivity contribution in [1.82, 2.24) is 0 Å². The van der Waals surface area contributed by atoms with Gasteiger partial charge in [-0.1, -0.05) is 6.07 Å². The quantitative estimate of drug-likeness (QED) is 0.829. The second kappa shape index (κ2) is 4.94. The van der Waals surface area contributed by atoms with E-state index in [0.29, 0.717) is 38.1 Å². The number of sulfonamides is 1. The number of benzene rings is 1. The number of anilines is 2. The Morgan fingerprint density at radius 2 is 1.95 bits per heavy atom. The monoisotopic (exact) mass is 336 g/mol. The highest BCUT2D eigenvalue weighted by Crippen LogP contribution is 2.44. The molecule has 0 amide bonds. The largest absolute Gasteiger partial charge is 0.489 e. The molecule has 0 bridgehead atoms. The molecule has 0 N–H and O–H groups in total. The van der Waals surface area contributed by atoms with Gasteiger partial charge in [0, 0.05) is 6.54 Å². The summed E-state index contributed by atoms with van der Waals surface area (Å²) in [4.78, 5) is 1.94. The number of nitrogens with zero attached hydrogens (tertiary/aromatic N) is 2. The summed E-state index contributed by atoms with van der Waals surface area (Å²) in [6.07, 6.45) is -4.80. The number of hydrogen-bond acceptors (Lipinski definition) is 4. The Hall–Kier alpha value is -1.64. The zero-order chi connectivity index (χ0) is 16.1. The second-order valence-corrected chi connectivity index (χ2v) is 7.44. The number of para-hydroxylation sites is 1. The van der Waals surface area contributed by atoms with E-state index < -0.39 is 21.4 Å². The summed E-state index contributed by atoms with van der Waals surface area (Å²) in [5.41, 5.74) is 0.803. The van der Waals surface area contributed by atoms with Crippen LogP contribution in [0.15, 0.2) is 18.2 Å². The van der Waals surface area contributed by atoms with E-state index in [0.717, 1.165) is 4.31 Å². The Bertz CT molecular complexity index is 690. The molecule has 0 aliphatic carbocycles. The molecule has 0 aromatic heterocycles. The molecule has 0 saturated heterocycles. The van der Waals surface area contributed by atoms with E-state index in [2.05, 4.69) is 0 Å². The Labute approximate surface area is 126 Å². The average molecular weight is 336 g/mol. The van der Waals surface area contributed by atoms with Crippen LogP contribution in [0.4, 0.5) is 24.5 Å². The number of hydrogen-bond donors (Lipinski definition) is 0. The predicted molar refractivity (Wildman–Crippen MR) is 75.9 cm³/mol. The van der Waals surface area contributed by atoms with Crippen molar-refractivity contribution < 1.29 is 26.3 Å². The maximum Gasteiger partial charge on any atom is 0.407 e. The van der Waals surface area contributed by atoms with E-state index in [1.54, 1.807) is 12.1 Å². The van der Waals surface area contributed by atoms with Gasteiger partial charge in [0.2, 0.25) is 10.0 Å². The zero-order valence-electron chi connectivity index (χ0n) is 11.8. The van der Waals surface area contributed by atoms with Crippen LogP contribution in [0.5, 0.6) is 5.75 Å². The van der Waals surface area contributed by atoms with Gasteiger partial charge in [-0.2, -0.15) is 13.2 Å². The molecule has 2 heterocycles. The van der Waals surface area contributed by atoms with Gasteiger partial charge in [-0.05, 0) is 19.1 Å². The lowest BCUT2D eigenvalue weighted by molar-refractivity contribution is -0.126. The molecule has 2 aliphatic heterocycles. The highest BCUT2D eigenvalue weighted by atomic mass is 32.2. The van der Waals surface area contributed by atoms with Gasteiger partial charge >= 0.3 is 6.18 Å². The molecule has 0 saturated carbocycles. The number of ether oxygens (including phenoxy) is 1. The van der Waals surface area contributed by atoms with Crippen LogP contribution in [0.2, 0.25) is 0 Å². The maximum atomic E-state index is 12.9. The Balaban J connectivity index is 2.08. The Morgan fingerprint density at radius 1 is 1.23 bits per heavy atom. The number of halogens is 3.